The van der Waals surface area contributed by atoms with Crippen LogP contribution in [0.3, 0.4) is 0 Å². The molecule has 0 aliphatic carbocycles. The molecule has 2 unspecified atom stereocenters. The van der Waals surface area contributed by atoms with Crippen molar-refractivity contribution in [2.45, 2.75) is 32.4 Å². The van der Waals surface area contributed by atoms with Crippen LogP contribution in [-0.4, -0.2) is 48.4 Å². The molecule has 2 rings (SSSR count). The predicted molar refractivity (Wildman–Crippen MR) is 83.6 cm³/mol. The van der Waals surface area contributed by atoms with E-state index in [-0.39, 0.29) is 5.91 Å². The second-order valence-corrected chi connectivity index (χ2v) is 6.75. The van der Waals surface area contributed by atoms with Crippen LogP contribution in [0, 0.1) is 5.92 Å². The van der Waals surface area contributed by atoms with Crippen LogP contribution in [0.4, 0.5) is 0 Å². The molecule has 0 saturated carbocycles. The van der Waals surface area contributed by atoms with Crippen molar-refractivity contribution >= 4 is 17.2 Å². The van der Waals surface area contributed by atoms with E-state index in [4.69, 9.17) is 5.73 Å². The van der Waals surface area contributed by atoms with Crippen LogP contribution in [0.25, 0.3) is 0 Å². The normalized spacial score (nSPS) is 23.8. The molecule has 1 saturated heterocycles. The summed E-state index contributed by atoms with van der Waals surface area (Å²) in [6.45, 7) is 5.07. The van der Waals surface area contributed by atoms with Gasteiger partial charge in [0.2, 0.25) is 5.91 Å². The van der Waals surface area contributed by atoms with Gasteiger partial charge in [-0.15, -0.1) is 11.3 Å². The van der Waals surface area contributed by atoms with Gasteiger partial charge in [0.15, 0.2) is 0 Å². The largest absolute Gasteiger partial charge is 0.340 e. The zero-order valence-corrected chi connectivity index (χ0v) is 13.2. The molecule has 2 atom stereocenters. The van der Waals surface area contributed by atoms with Crippen molar-refractivity contribution in [2.75, 3.05) is 26.7 Å². The van der Waals surface area contributed by atoms with Crippen molar-refractivity contribution in [1.82, 2.24) is 9.80 Å². The number of carbonyl (C=O) groups excluding carboxylic acids is 1. The maximum absolute atomic E-state index is 12.4. The second-order valence-electron chi connectivity index (χ2n) is 5.72. The molecular weight excluding hydrogens is 270 g/mol. The Morgan fingerprint density at radius 2 is 2.40 bits per heavy atom. The summed E-state index contributed by atoms with van der Waals surface area (Å²) < 4.78 is 0. The molecule has 5 heteroatoms. The minimum atomic E-state index is 0.186. The standard InChI is InChI=1S/C15H25N3OS/c1-12-5-3-7-18(14(12)9-16)11-15(19)17(2)10-13-6-4-8-20-13/h4,6,8,12,14H,3,5,7,9-11,16H2,1-2H3. The molecule has 2 N–H and O–H groups in total. The molecule has 0 bridgehead atoms. The molecular formula is C15H25N3OS. The number of amides is 1. The van der Waals surface area contributed by atoms with E-state index in [1.165, 1.54) is 17.7 Å². The smallest absolute Gasteiger partial charge is 0.236 e. The van der Waals surface area contributed by atoms with Gasteiger partial charge in [-0.2, -0.15) is 0 Å². The first-order valence-corrected chi connectivity index (χ1v) is 8.20. The van der Waals surface area contributed by atoms with Crippen molar-refractivity contribution in [1.29, 1.82) is 0 Å². The fourth-order valence-electron chi connectivity index (χ4n) is 2.93. The predicted octanol–water partition coefficient (Wildman–Crippen LogP) is 1.77. The minimum Gasteiger partial charge on any atom is -0.340 e. The zero-order valence-electron chi connectivity index (χ0n) is 12.4. The van der Waals surface area contributed by atoms with Gasteiger partial charge < -0.3 is 10.6 Å². The molecule has 1 aromatic rings. The van der Waals surface area contributed by atoms with Crippen molar-refractivity contribution in [3.63, 3.8) is 0 Å². The van der Waals surface area contributed by atoms with Crippen molar-refractivity contribution in [3.05, 3.63) is 22.4 Å². The number of likely N-dealkylation sites (N-methyl/N-ethyl adjacent to an activating group) is 1. The maximum Gasteiger partial charge on any atom is 0.236 e. The molecule has 1 amide bonds. The van der Waals surface area contributed by atoms with E-state index in [1.54, 1.807) is 11.3 Å². The average Bonchev–Trinajstić information content (AvgIpc) is 2.91. The number of hydrogen-bond donors (Lipinski definition) is 1. The molecule has 112 valence electrons. The summed E-state index contributed by atoms with van der Waals surface area (Å²) in [4.78, 5) is 17.7. The summed E-state index contributed by atoms with van der Waals surface area (Å²) >= 11 is 1.69. The Morgan fingerprint density at radius 1 is 1.60 bits per heavy atom. The second kappa shape index (κ2) is 7.20. The van der Waals surface area contributed by atoms with Crippen LogP contribution in [-0.2, 0) is 11.3 Å². The lowest BCUT2D eigenvalue weighted by atomic mass is 9.91. The highest BCUT2D eigenvalue weighted by molar-refractivity contribution is 7.09. The fourth-order valence-corrected chi connectivity index (χ4v) is 3.69. The van der Waals surface area contributed by atoms with E-state index >= 15 is 0 Å². The third kappa shape index (κ3) is 3.81. The van der Waals surface area contributed by atoms with Gasteiger partial charge in [-0.3, -0.25) is 9.69 Å². The van der Waals surface area contributed by atoms with E-state index in [9.17, 15) is 4.79 Å². The Labute approximate surface area is 125 Å². The lowest BCUT2D eigenvalue weighted by Gasteiger charge is -2.39. The molecule has 0 spiro atoms. The molecule has 0 radical (unpaired) electrons. The third-order valence-electron chi connectivity index (χ3n) is 4.21. The number of hydrogen-bond acceptors (Lipinski definition) is 4. The van der Waals surface area contributed by atoms with E-state index < -0.39 is 0 Å². The first kappa shape index (κ1) is 15.5. The minimum absolute atomic E-state index is 0.186. The van der Waals surface area contributed by atoms with Gasteiger partial charge in [0.05, 0.1) is 13.1 Å². The van der Waals surface area contributed by atoms with Gasteiger partial charge in [0.1, 0.15) is 0 Å². The number of thiophene rings is 1. The quantitative estimate of drug-likeness (QED) is 0.900. The Hall–Kier alpha value is -0.910. The molecule has 20 heavy (non-hydrogen) atoms. The van der Waals surface area contributed by atoms with Gasteiger partial charge in [0, 0.05) is 24.5 Å². The first-order valence-electron chi connectivity index (χ1n) is 7.32. The molecule has 1 aliphatic heterocycles. The van der Waals surface area contributed by atoms with Gasteiger partial charge in [0.25, 0.3) is 0 Å². The Bertz CT molecular complexity index is 421. The Morgan fingerprint density at radius 3 is 3.05 bits per heavy atom. The summed E-state index contributed by atoms with van der Waals surface area (Å²) in [6.07, 6.45) is 2.39. The van der Waals surface area contributed by atoms with Crippen LogP contribution in [0.15, 0.2) is 17.5 Å². The average molecular weight is 295 g/mol. The van der Waals surface area contributed by atoms with Crippen LogP contribution in [0.1, 0.15) is 24.6 Å². The van der Waals surface area contributed by atoms with Gasteiger partial charge >= 0.3 is 0 Å². The van der Waals surface area contributed by atoms with Gasteiger partial charge in [-0.05, 0) is 36.8 Å². The van der Waals surface area contributed by atoms with Crippen LogP contribution >= 0.6 is 11.3 Å². The number of piperidine rings is 1. The summed E-state index contributed by atoms with van der Waals surface area (Å²) in [5.74, 6) is 0.773. The molecule has 1 fully saturated rings. The first-order chi connectivity index (χ1) is 9.61. The summed E-state index contributed by atoms with van der Waals surface area (Å²) in [5.41, 5.74) is 5.88. The lowest BCUT2D eigenvalue weighted by molar-refractivity contribution is -0.132. The van der Waals surface area contributed by atoms with Gasteiger partial charge in [-0.1, -0.05) is 13.0 Å². The molecule has 0 aromatic carbocycles. The number of nitrogens with two attached hydrogens (primary N) is 1. The topological polar surface area (TPSA) is 49.6 Å². The molecule has 2 heterocycles. The number of rotatable bonds is 5. The van der Waals surface area contributed by atoms with Crippen molar-refractivity contribution in [2.24, 2.45) is 11.7 Å². The Balaban J connectivity index is 1.89. The summed E-state index contributed by atoms with van der Waals surface area (Å²) in [5, 5.41) is 2.05. The van der Waals surface area contributed by atoms with Crippen molar-refractivity contribution in [3.8, 4) is 0 Å². The number of likely N-dealkylation sites (tertiary alicyclic amines) is 1. The number of carbonyl (C=O) groups is 1. The monoisotopic (exact) mass is 295 g/mol. The van der Waals surface area contributed by atoms with E-state index in [1.807, 2.05) is 23.4 Å². The molecule has 1 aromatic heterocycles. The summed E-state index contributed by atoms with van der Waals surface area (Å²) in [6, 6.07) is 4.44. The SMILES string of the molecule is CC1CCCN(CC(=O)N(C)Cc2cccs2)C1CN. The van der Waals surface area contributed by atoms with Crippen LogP contribution in [0.5, 0.6) is 0 Å². The zero-order chi connectivity index (χ0) is 14.5. The highest BCUT2D eigenvalue weighted by atomic mass is 32.1. The van der Waals surface area contributed by atoms with Gasteiger partial charge in [-0.25, -0.2) is 0 Å². The van der Waals surface area contributed by atoms with E-state index in [2.05, 4.69) is 17.9 Å². The summed E-state index contributed by atoms with van der Waals surface area (Å²) in [7, 11) is 1.88. The lowest BCUT2D eigenvalue weighted by Crippen LogP contribution is -2.52. The third-order valence-corrected chi connectivity index (χ3v) is 5.07. The van der Waals surface area contributed by atoms with Crippen LogP contribution in [0.2, 0.25) is 0 Å². The Kier molecular flexibility index (Phi) is 5.57. The van der Waals surface area contributed by atoms with E-state index in [0.29, 0.717) is 31.6 Å². The highest BCUT2D eigenvalue weighted by Gasteiger charge is 2.29. The van der Waals surface area contributed by atoms with Crippen molar-refractivity contribution < 1.29 is 4.79 Å². The molecule has 1 aliphatic rings. The van der Waals surface area contributed by atoms with E-state index in [0.717, 1.165) is 6.54 Å². The molecule has 4 nitrogen and oxygen atoms in total. The fraction of sp³-hybridized carbons (Fsp3) is 0.667. The highest BCUT2D eigenvalue weighted by Crippen LogP contribution is 2.22. The maximum atomic E-state index is 12.4. The number of nitrogens with zero attached hydrogens (tertiary/aromatic N) is 2. The van der Waals surface area contributed by atoms with Crippen LogP contribution < -0.4 is 5.73 Å².